The second kappa shape index (κ2) is 9.53. The van der Waals surface area contributed by atoms with Crippen molar-refractivity contribution >= 4 is 51.1 Å². The van der Waals surface area contributed by atoms with Crippen molar-refractivity contribution in [3.63, 3.8) is 0 Å². The summed E-state index contributed by atoms with van der Waals surface area (Å²) >= 11 is 1.61. The fraction of sp³-hybridized carbons (Fsp3) is 0.474. The Morgan fingerprint density at radius 1 is 1.32 bits per heavy atom. The number of sulfone groups is 1. The molecule has 1 aromatic carbocycles. The largest absolute Gasteiger partial charge is 0.357 e. The highest BCUT2D eigenvalue weighted by Gasteiger charge is 2.40. The van der Waals surface area contributed by atoms with Gasteiger partial charge < -0.3 is 10.2 Å². The number of halogens is 1. The summed E-state index contributed by atoms with van der Waals surface area (Å²) < 4.78 is 23.7. The molecule has 0 radical (unpaired) electrons. The molecule has 1 saturated heterocycles. The highest BCUT2D eigenvalue weighted by Crippen LogP contribution is 2.25. The lowest BCUT2D eigenvalue weighted by Crippen LogP contribution is -2.57. The van der Waals surface area contributed by atoms with Gasteiger partial charge in [-0.2, -0.15) is 0 Å². The zero-order chi connectivity index (χ0) is 19.5. The molecule has 3 rings (SSSR count). The molecule has 0 amide bonds. The van der Waals surface area contributed by atoms with Crippen molar-refractivity contribution in [1.29, 1.82) is 0 Å². The van der Waals surface area contributed by atoms with E-state index in [0.717, 1.165) is 28.8 Å². The van der Waals surface area contributed by atoms with Gasteiger partial charge in [0.15, 0.2) is 15.8 Å². The number of guanidine groups is 1. The number of hydrogen-bond acceptors (Lipinski definition) is 5. The number of nitrogens with one attached hydrogen (secondary N) is 1. The molecule has 0 bridgehead atoms. The number of thiazole rings is 1. The number of benzene rings is 1. The Hall–Kier alpha value is -1.20. The van der Waals surface area contributed by atoms with E-state index in [-0.39, 0.29) is 29.7 Å². The predicted molar refractivity (Wildman–Crippen MR) is 127 cm³/mol. The minimum absolute atomic E-state index is 0. The van der Waals surface area contributed by atoms with E-state index in [9.17, 15) is 8.42 Å². The molecule has 2 heterocycles. The average Bonchev–Trinajstić information content (AvgIpc) is 3.11. The van der Waals surface area contributed by atoms with Gasteiger partial charge in [0.25, 0.3) is 0 Å². The van der Waals surface area contributed by atoms with Crippen LogP contribution in [0.5, 0.6) is 0 Å². The molecule has 1 aliphatic rings. The third-order valence-electron chi connectivity index (χ3n) is 4.64. The first-order chi connectivity index (χ1) is 12.8. The van der Waals surface area contributed by atoms with Gasteiger partial charge in [0, 0.05) is 30.6 Å². The van der Waals surface area contributed by atoms with Gasteiger partial charge in [-0.05, 0) is 20.8 Å². The molecule has 0 spiro atoms. The van der Waals surface area contributed by atoms with Crippen molar-refractivity contribution in [3.8, 4) is 10.6 Å². The molecule has 1 aromatic heterocycles. The molecule has 9 heteroatoms. The van der Waals surface area contributed by atoms with Crippen LogP contribution in [0.2, 0.25) is 0 Å². The first kappa shape index (κ1) is 23.1. The molecular weight excluding hydrogens is 507 g/mol. The molecule has 1 fully saturated rings. The fourth-order valence-electron chi connectivity index (χ4n) is 3.00. The van der Waals surface area contributed by atoms with Crippen molar-refractivity contribution in [2.75, 3.05) is 25.4 Å². The van der Waals surface area contributed by atoms with Crippen LogP contribution in [0.1, 0.15) is 26.5 Å². The van der Waals surface area contributed by atoms with Crippen LogP contribution in [0.25, 0.3) is 10.6 Å². The summed E-state index contributed by atoms with van der Waals surface area (Å²) in [5.74, 6) is 0.897. The number of hydrogen-bond donors (Lipinski definition) is 1. The van der Waals surface area contributed by atoms with Crippen molar-refractivity contribution < 1.29 is 8.42 Å². The first-order valence-corrected chi connectivity index (χ1v) is 11.6. The SMILES string of the molecule is CCNC(=NCc1csc(-c2ccccc2)n1)N1CCS(=O)(=O)C(C)(C)C1.I. The summed E-state index contributed by atoms with van der Waals surface area (Å²) in [7, 11) is -3.07. The molecule has 0 atom stereocenters. The Morgan fingerprint density at radius 2 is 2.04 bits per heavy atom. The van der Waals surface area contributed by atoms with Crippen LogP contribution in [-0.2, 0) is 16.4 Å². The minimum atomic E-state index is -3.07. The molecule has 2 aromatic rings. The zero-order valence-electron chi connectivity index (χ0n) is 16.4. The summed E-state index contributed by atoms with van der Waals surface area (Å²) in [6, 6.07) is 10.1. The monoisotopic (exact) mass is 534 g/mol. The lowest BCUT2D eigenvalue weighted by Gasteiger charge is -2.39. The van der Waals surface area contributed by atoms with Crippen LogP contribution in [0, 0.1) is 0 Å². The standard InChI is InChI=1S/C19H26N4O2S2.HI/c1-4-20-18(23-10-11-27(24,25)19(2,3)14-23)21-12-16-13-26-17(22-16)15-8-6-5-7-9-15;/h5-9,13H,4,10-12,14H2,1-3H3,(H,20,21);1H. The molecule has 1 N–H and O–H groups in total. The lowest BCUT2D eigenvalue weighted by atomic mass is 10.2. The highest BCUT2D eigenvalue weighted by atomic mass is 127. The van der Waals surface area contributed by atoms with Crippen molar-refractivity contribution in [1.82, 2.24) is 15.2 Å². The van der Waals surface area contributed by atoms with Crippen LogP contribution in [0.15, 0.2) is 40.7 Å². The maximum Gasteiger partial charge on any atom is 0.194 e. The molecule has 1 aliphatic heterocycles. The Kier molecular flexibility index (Phi) is 7.86. The smallest absolute Gasteiger partial charge is 0.194 e. The van der Waals surface area contributed by atoms with E-state index in [1.54, 1.807) is 25.2 Å². The average molecular weight is 534 g/mol. The number of aliphatic imine (C=N–C) groups is 1. The molecule has 154 valence electrons. The van der Waals surface area contributed by atoms with Gasteiger partial charge in [-0.15, -0.1) is 35.3 Å². The third kappa shape index (κ3) is 5.24. The van der Waals surface area contributed by atoms with Crippen LogP contribution in [0.4, 0.5) is 0 Å². The Balaban J connectivity index is 0.00000280. The molecular formula is C19H27IN4O2S2. The van der Waals surface area contributed by atoms with E-state index < -0.39 is 14.6 Å². The molecule has 0 saturated carbocycles. The Bertz CT molecular complexity index is 911. The van der Waals surface area contributed by atoms with Gasteiger partial charge >= 0.3 is 0 Å². The fourth-order valence-corrected chi connectivity index (χ4v) is 5.18. The topological polar surface area (TPSA) is 74.7 Å². The molecule has 0 aliphatic carbocycles. The van der Waals surface area contributed by atoms with Gasteiger partial charge in [-0.3, -0.25) is 0 Å². The van der Waals surface area contributed by atoms with Crippen LogP contribution in [0.3, 0.4) is 0 Å². The van der Waals surface area contributed by atoms with E-state index in [0.29, 0.717) is 19.6 Å². The minimum Gasteiger partial charge on any atom is -0.357 e. The van der Waals surface area contributed by atoms with E-state index in [4.69, 9.17) is 4.99 Å². The van der Waals surface area contributed by atoms with E-state index in [1.807, 2.05) is 47.5 Å². The van der Waals surface area contributed by atoms with E-state index in [1.165, 1.54) is 0 Å². The normalized spacial score (nSPS) is 18.4. The third-order valence-corrected chi connectivity index (χ3v) is 8.11. The van der Waals surface area contributed by atoms with Gasteiger partial charge in [0.05, 0.1) is 22.7 Å². The van der Waals surface area contributed by atoms with Crippen molar-refractivity contribution in [2.45, 2.75) is 32.1 Å². The second-order valence-electron chi connectivity index (χ2n) is 7.18. The van der Waals surface area contributed by atoms with Crippen LogP contribution in [-0.4, -0.2) is 54.4 Å². The Morgan fingerprint density at radius 3 is 2.68 bits per heavy atom. The maximum absolute atomic E-state index is 12.3. The molecule has 6 nitrogen and oxygen atoms in total. The maximum atomic E-state index is 12.3. The summed E-state index contributed by atoms with van der Waals surface area (Å²) in [5.41, 5.74) is 2.02. The van der Waals surface area contributed by atoms with Crippen molar-refractivity contribution in [2.24, 2.45) is 4.99 Å². The zero-order valence-corrected chi connectivity index (χ0v) is 20.3. The summed E-state index contributed by atoms with van der Waals surface area (Å²) in [4.78, 5) is 11.4. The van der Waals surface area contributed by atoms with Crippen LogP contribution < -0.4 is 5.32 Å². The Labute approximate surface area is 188 Å². The van der Waals surface area contributed by atoms with Crippen LogP contribution >= 0.6 is 35.3 Å². The summed E-state index contributed by atoms with van der Waals surface area (Å²) in [6.07, 6.45) is 0. The lowest BCUT2D eigenvalue weighted by molar-refractivity contribution is 0.353. The quantitative estimate of drug-likeness (QED) is 0.370. The van der Waals surface area contributed by atoms with Gasteiger partial charge in [0.2, 0.25) is 0 Å². The highest BCUT2D eigenvalue weighted by molar-refractivity contribution is 14.0. The van der Waals surface area contributed by atoms with Gasteiger partial charge in [-0.1, -0.05) is 30.3 Å². The summed E-state index contributed by atoms with van der Waals surface area (Å²) in [6.45, 7) is 7.68. The molecule has 28 heavy (non-hydrogen) atoms. The summed E-state index contributed by atoms with van der Waals surface area (Å²) in [5, 5.41) is 6.29. The second-order valence-corrected chi connectivity index (χ2v) is 10.8. The number of aromatic nitrogens is 1. The first-order valence-electron chi connectivity index (χ1n) is 9.08. The predicted octanol–water partition coefficient (Wildman–Crippen LogP) is 3.40. The molecule has 0 unspecified atom stereocenters. The van der Waals surface area contributed by atoms with Crippen molar-refractivity contribution in [3.05, 3.63) is 41.4 Å². The van der Waals surface area contributed by atoms with E-state index >= 15 is 0 Å². The van der Waals surface area contributed by atoms with Gasteiger partial charge in [-0.25, -0.2) is 18.4 Å². The van der Waals surface area contributed by atoms with E-state index in [2.05, 4.69) is 10.3 Å². The number of rotatable bonds is 4. The number of nitrogens with zero attached hydrogens (tertiary/aromatic N) is 3. The van der Waals surface area contributed by atoms with Gasteiger partial charge in [0.1, 0.15) is 5.01 Å².